The molecule has 172 valence electrons. The largest absolute Gasteiger partial charge is 0.449 e. The molecular weight excluding hydrogens is 444 g/mol. The number of morpholine rings is 1. The highest BCUT2D eigenvalue weighted by Gasteiger charge is 2.32. The summed E-state index contributed by atoms with van der Waals surface area (Å²) in [6.45, 7) is 6.96. The van der Waals surface area contributed by atoms with Crippen LogP contribution in [0.2, 0.25) is 5.02 Å². The summed E-state index contributed by atoms with van der Waals surface area (Å²) < 4.78 is 38.4. The molecule has 0 N–H and O–H groups in total. The standard InChI is InChI=1S/C21H29ClN2O6S/c1-14-12-23(13-15(2)29-14)20(25)16(3)30-21(26)17-7-8-18(22)19(11-17)31(27,28)24-9-5-4-6-10-24/h7-8,11,14-16H,4-6,9-10,12-13H2,1-3H3. The lowest BCUT2D eigenvalue weighted by atomic mass is 10.2. The Morgan fingerprint density at radius 2 is 1.74 bits per heavy atom. The molecule has 2 aliphatic heterocycles. The Morgan fingerprint density at radius 1 is 1.13 bits per heavy atom. The molecule has 31 heavy (non-hydrogen) atoms. The molecule has 2 saturated heterocycles. The van der Waals surface area contributed by atoms with Crippen LogP contribution in [0.5, 0.6) is 0 Å². The Labute approximate surface area is 188 Å². The molecule has 0 aromatic heterocycles. The van der Waals surface area contributed by atoms with Crippen molar-refractivity contribution in [2.24, 2.45) is 0 Å². The molecule has 2 heterocycles. The van der Waals surface area contributed by atoms with Crippen molar-refractivity contribution in [1.82, 2.24) is 9.21 Å². The molecule has 0 saturated carbocycles. The van der Waals surface area contributed by atoms with Crippen LogP contribution in [0.3, 0.4) is 0 Å². The van der Waals surface area contributed by atoms with E-state index in [0.29, 0.717) is 26.2 Å². The Morgan fingerprint density at radius 3 is 2.35 bits per heavy atom. The normalized spacial score (nSPS) is 23.9. The van der Waals surface area contributed by atoms with Crippen molar-refractivity contribution < 1.29 is 27.5 Å². The van der Waals surface area contributed by atoms with E-state index in [4.69, 9.17) is 21.1 Å². The highest BCUT2D eigenvalue weighted by atomic mass is 35.5. The lowest BCUT2D eigenvalue weighted by Gasteiger charge is -2.36. The van der Waals surface area contributed by atoms with Gasteiger partial charge in [-0.1, -0.05) is 18.0 Å². The van der Waals surface area contributed by atoms with Crippen molar-refractivity contribution in [3.8, 4) is 0 Å². The minimum atomic E-state index is -3.82. The average Bonchev–Trinajstić information content (AvgIpc) is 2.73. The van der Waals surface area contributed by atoms with Crippen LogP contribution in [0, 0.1) is 0 Å². The van der Waals surface area contributed by atoms with E-state index in [0.717, 1.165) is 19.3 Å². The van der Waals surface area contributed by atoms with E-state index in [1.165, 1.54) is 29.4 Å². The predicted octanol–water partition coefficient (Wildman–Crippen LogP) is 2.70. The van der Waals surface area contributed by atoms with Gasteiger partial charge in [-0.05, 0) is 51.8 Å². The summed E-state index contributed by atoms with van der Waals surface area (Å²) in [6.07, 6.45) is 1.35. The summed E-state index contributed by atoms with van der Waals surface area (Å²) in [4.78, 5) is 26.9. The Kier molecular flexibility index (Phi) is 7.62. The number of nitrogens with zero attached hydrogens (tertiary/aromatic N) is 2. The van der Waals surface area contributed by atoms with Gasteiger partial charge in [0, 0.05) is 26.2 Å². The van der Waals surface area contributed by atoms with Crippen molar-refractivity contribution in [2.75, 3.05) is 26.2 Å². The van der Waals surface area contributed by atoms with E-state index >= 15 is 0 Å². The zero-order valence-electron chi connectivity index (χ0n) is 18.0. The number of hydrogen-bond donors (Lipinski definition) is 0. The van der Waals surface area contributed by atoms with E-state index in [2.05, 4.69) is 0 Å². The van der Waals surface area contributed by atoms with Crippen molar-refractivity contribution in [1.29, 1.82) is 0 Å². The van der Waals surface area contributed by atoms with Gasteiger partial charge in [-0.3, -0.25) is 4.79 Å². The molecule has 8 nitrogen and oxygen atoms in total. The fourth-order valence-electron chi connectivity index (χ4n) is 3.97. The van der Waals surface area contributed by atoms with Gasteiger partial charge in [0.15, 0.2) is 6.10 Å². The van der Waals surface area contributed by atoms with Crippen molar-refractivity contribution in [3.63, 3.8) is 0 Å². The van der Waals surface area contributed by atoms with Gasteiger partial charge < -0.3 is 14.4 Å². The van der Waals surface area contributed by atoms with Crippen LogP contribution < -0.4 is 0 Å². The van der Waals surface area contributed by atoms with Crippen molar-refractivity contribution >= 4 is 33.5 Å². The van der Waals surface area contributed by atoms with Crippen LogP contribution in [0.4, 0.5) is 0 Å². The van der Waals surface area contributed by atoms with Crippen molar-refractivity contribution in [3.05, 3.63) is 28.8 Å². The third kappa shape index (κ3) is 5.58. The molecule has 0 aliphatic carbocycles. The number of ether oxygens (including phenoxy) is 2. The zero-order valence-corrected chi connectivity index (χ0v) is 19.6. The Bertz CT molecular complexity index is 922. The summed E-state index contributed by atoms with van der Waals surface area (Å²) >= 11 is 6.16. The van der Waals surface area contributed by atoms with Gasteiger partial charge in [0.25, 0.3) is 5.91 Å². The molecule has 0 spiro atoms. The number of halogens is 1. The van der Waals surface area contributed by atoms with Gasteiger partial charge in [-0.2, -0.15) is 4.31 Å². The molecule has 2 fully saturated rings. The van der Waals surface area contributed by atoms with Gasteiger partial charge >= 0.3 is 5.97 Å². The molecule has 1 amide bonds. The van der Waals surface area contributed by atoms with E-state index < -0.39 is 22.1 Å². The molecule has 10 heteroatoms. The zero-order chi connectivity index (χ0) is 22.8. The fraction of sp³-hybridized carbons (Fsp3) is 0.619. The highest BCUT2D eigenvalue weighted by molar-refractivity contribution is 7.89. The Balaban J connectivity index is 1.73. The summed E-state index contributed by atoms with van der Waals surface area (Å²) in [5, 5.41) is 0.0440. The number of hydrogen-bond acceptors (Lipinski definition) is 6. The summed E-state index contributed by atoms with van der Waals surface area (Å²) in [5.41, 5.74) is 0.0309. The lowest BCUT2D eigenvalue weighted by molar-refractivity contribution is -0.151. The van der Waals surface area contributed by atoms with Crippen LogP contribution in [0.1, 0.15) is 50.4 Å². The van der Waals surface area contributed by atoms with Gasteiger partial charge in [-0.25, -0.2) is 13.2 Å². The first-order chi connectivity index (χ1) is 14.6. The number of rotatable bonds is 5. The van der Waals surface area contributed by atoms with Gasteiger partial charge in [-0.15, -0.1) is 0 Å². The molecule has 3 atom stereocenters. The summed E-state index contributed by atoms with van der Waals surface area (Å²) in [5.74, 6) is -1.09. The molecule has 3 unspecified atom stereocenters. The van der Waals surface area contributed by atoms with E-state index in [1.54, 1.807) is 4.90 Å². The maximum absolute atomic E-state index is 13.0. The molecule has 3 rings (SSSR count). The molecule has 1 aromatic carbocycles. The highest BCUT2D eigenvalue weighted by Crippen LogP contribution is 2.28. The SMILES string of the molecule is CC1CN(C(=O)C(C)OC(=O)c2ccc(Cl)c(S(=O)(=O)N3CCCCC3)c2)CC(C)O1. The quantitative estimate of drug-likeness (QED) is 0.612. The second-order valence-corrected chi connectivity index (χ2v) is 10.5. The number of carbonyl (C=O) groups is 2. The maximum atomic E-state index is 13.0. The number of amides is 1. The molecular formula is C21H29ClN2O6S. The molecule has 2 aliphatic rings. The van der Waals surface area contributed by atoms with E-state index in [1.807, 2.05) is 13.8 Å². The van der Waals surface area contributed by atoms with E-state index in [9.17, 15) is 18.0 Å². The smallest absolute Gasteiger partial charge is 0.338 e. The van der Waals surface area contributed by atoms with Crippen LogP contribution in [0.25, 0.3) is 0 Å². The van der Waals surface area contributed by atoms with Gasteiger partial charge in [0.05, 0.1) is 22.8 Å². The average molecular weight is 473 g/mol. The third-order valence-corrected chi connectivity index (χ3v) is 7.84. The third-order valence-electron chi connectivity index (χ3n) is 5.46. The number of benzene rings is 1. The Hall–Kier alpha value is -1.68. The molecule has 0 bridgehead atoms. The maximum Gasteiger partial charge on any atom is 0.338 e. The number of carbonyl (C=O) groups excluding carboxylic acids is 2. The van der Waals surface area contributed by atoms with Crippen LogP contribution in [0.15, 0.2) is 23.1 Å². The first-order valence-electron chi connectivity index (χ1n) is 10.5. The summed E-state index contributed by atoms with van der Waals surface area (Å²) in [7, 11) is -3.82. The van der Waals surface area contributed by atoms with Crippen LogP contribution in [-0.2, 0) is 24.3 Å². The van der Waals surface area contributed by atoms with Crippen molar-refractivity contribution in [2.45, 2.75) is 63.2 Å². The van der Waals surface area contributed by atoms with Gasteiger partial charge in [0.2, 0.25) is 10.0 Å². The minimum Gasteiger partial charge on any atom is -0.449 e. The number of sulfonamides is 1. The van der Waals surface area contributed by atoms with Gasteiger partial charge in [0.1, 0.15) is 4.90 Å². The van der Waals surface area contributed by atoms with Crippen LogP contribution >= 0.6 is 11.6 Å². The summed E-state index contributed by atoms with van der Waals surface area (Å²) in [6, 6.07) is 3.99. The fourth-order valence-corrected chi connectivity index (χ4v) is 5.98. The topological polar surface area (TPSA) is 93.2 Å². The predicted molar refractivity (Wildman–Crippen MR) is 116 cm³/mol. The monoisotopic (exact) mass is 472 g/mol. The second-order valence-electron chi connectivity index (χ2n) is 8.16. The van der Waals surface area contributed by atoms with Crippen LogP contribution in [-0.4, -0.2) is 74.0 Å². The second kappa shape index (κ2) is 9.85. The molecule has 0 radical (unpaired) electrons. The minimum absolute atomic E-state index is 0.0309. The number of esters is 1. The number of piperidine rings is 1. The first kappa shape index (κ1) is 24.0. The van der Waals surface area contributed by atoms with E-state index in [-0.39, 0.29) is 33.6 Å². The molecule has 1 aromatic rings. The lowest BCUT2D eigenvalue weighted by Crippen LogP contribution is -2.51. The first-order valence-corrected chi connectivity index (χ1v) is 12.4.